The second kappa shape index (κ2) is 4.78. The van der Waals surface area contributed by atoms with E-state index in [1.54, 1.807) is 0 Å². The third-order valence-corrected chi connectivity index (χ3v) is 4.18. The average Bonchev–Trinajstić information content (AvgIpc) is 2.80. The van der Waals surface area contributed by atoms with Gasteiger partial charge in [-0.05, 0) is 29.3 Å². The standard InChI is InChI=1S/C18H12FNO3/c19-13-6-7-15-14(9-13)18(17(22)20-15)10-12(8-16(21)23-18)11-4-2-1-3-5-11/h1-9H,10H2,(H,20,22). The van der Waals surface area contributed by atoms with E-state index < -0.39 is 23.3 Å². The summed E-state index contributed by atoms with van der Waals surface area (Å²) in [5, 5.41) is 2.67. The quantitative estimate of drug-likeness (QED) is 0.824. The molecule has 5 heteroatoms. The van der Waals surface area contributed by atoms with Gasteiger partial charge in [-0.15, -0.1) is 0 Å². The Balaban J connectivity index is 1.85. The number of hydrogen-bond donors (Lipinski definition) is 1. The molecule has 1 N–H and O–H groups in total. The van der Waals surface area contributed by atoms with Gasteiger partial charge in [0.2, 0.25) is 5.60 Å². The lowest BCUT2D eigenvalue weighted by Crippen LogP contribution is -2.41. The summed E-state index contributed by atoms with van der Waals surface area (Å²) < 4.78 is 19.0. The lowest BCUT2D eigenvalue weighted by molar-refractivity contribution is -0.163. The van der Waals surface area contributed by atoms with Gasteiger partial charge in [0.15, 0.2) is 0 Å². The van der Waals surface area contributed by atoms with Crippen LogP contribution in [0, 0.1) is 5.82 Å². The van der Waals surface area contributed by atoms with Gasteiger partial charge in [-0.1, -0.05) is 30.3 Å². The molecule has 1 unspecified atom stereocenters. The fraction of sp³-hybridized carbons (Fsp3) is 0.111. The summed E-state index contributed by atoms with van der Waals surface area (Å²) >= 11 is 0. The van der Waals surface area contributed by atoms with Crippen molar-refractivity contribution >= 4 is 23.1 Å². The summed E-state index contributed by atoms with van der Waals surface area (Å²) in [6, 6.07) is 13.3. The number of esters is 1. The van der Waals surface area contributed by atoms with E-state index in [0.29, 0.717) is 16.8 Å². The third kappa shape index (κ3) is 2.04. The Bertz CT molecular complexity index is 860. The maximum absolute atomic E-state index is 13.7. The normalized spacial score (nSPS) is 22.4. The van der Waals surface area contributed by atoms with Crippen LogP contribution in [-0.2, 0) is 19.9 Å². The molecule has 1 atom stereocenters. The smallest absolute Gasteiger partial charge is 0.332 e. The summed E-state index contributed by atoms with van der Waals surface area (Å²) in [7, 11) is 0. The minimum atomic E-state index is -1.51. The Labute approximate surface area is 131 Å². The molecule has 2 aliphatic rings. The molecule has 0 aliphatic carbocycles. The zero-order chi connectivity index (χ0) is 16.0. The van der Waals surface area contributed by atoms with Gasteiger partial charge in [0.25, 0.3) is 5.91 Å². The Hall–Kier alpha value is -2.95. The fourth-order valence-corrected chi connectivity index (χ4v) is 3.12. The van der Waals surface area contributed by atoms with Gasteiger partial charge in [0, 0.05) is 23.7 Å². The summed E-state index contributed by atoms with van der Waals surface area (Å²) in [5.41, 5.74) is 0.847. The van der Waals surface area contributed by atoms with Gasteiger partial charge in [0.1, 0.15) is 5.82 Å². The van der Waals surface area contributed by atoms with Gasteiger partial charge in [0.05, 0.1) is 0 Å². The molecule has 114 valence electrons. The highest BCUT2D eigenvalue weighted by atomic mass is 19.1. The largest absolute Gasteiger partial charge is 0.440 e. The lowest BCUT2D eigenvalue weighted by atomic mass is 9.83. The predicted molar refractivity (Wildman–Crippen MR) is 81.8 cm³/mol. The fourth-order valence-electron chi connectivity index (χ4n) is 3.12. The summed E-state index contributed by atoms with van der Waals surface area (Å²) in [6.45, 7) is 0. The number of rotatable bonds is 1. The van der Waals surface area contributed by atoms with Crippen molar-refractivity contribution in [2.45, 2.75) is 12.0 Å². The number of hydrogen-bond acceptors (Lipinski definition) is 3. The van der Waals surface area contributed by atoms with Crippen LogP contribution in [0.1, 0.15) is 17.5 Å². The van der Waals surface area contributed by atoms with Crippen molar-refractivity contribution in [2.24, 2.45) is 0 Å². The molecule has 0 saturated carbocycles. The van der Waals surface area contributed by atoms with Crippen molar-refractivity contribution in [3.8, 4) is 0 Å². The molecule has 4 nitrogen and oxygen atoms in total. The third-order valence-electron chi connectivity index (χ3n) is 4.18. The second-order valence-electron chi connectivity index (χ2n) is 5.60. The van der Waals surface area contributed by atoms with Crippen molar-refractivity contribution in [1.29, 1.82) is 0 Å². The van der Waals surface area contributed by atoms with Crippen LogP contribution in [-0.4, -0.2) is 11.9 Å². The van der Waals surface area contributed by atoms with Gasteiger partial charge in [-0.3, -0.25) is 4.79 Å². The van der Waals surface area contributed by atoms with Crippen LogP contribution in [0.5, 0.6) is 0 Å². The Morgan fingerprint density at radius 2 is 1.87 bits per heavy atom. The zero-order valence-corrected chi connectivity index (χ0v) is 12.0. The molecule has 1 spiro atoms. The van der Waals surface area contributed by atoms with Crippen molar-refractivity contribution in [3.63, 3.8) is 0 Å². The van der Waals surface area contributed by atoms with E-state index in [2.05, 4.69) is 5.32 Å². The molecular weight excluding hydrogens is 297 g/mol. The van der Waals surface area contributed by atoms with Crippen LogP contribution >= 0.6 is 0 Å². The molecule has 2 heterocycles. The maximum Gasteiger partial charge on any atom is 0.332 e. The van der Waals surface area contributed by atoms with E-state index in [1.165, 1.54) is 24.3 Å². The van der Waals surface area contributed by atoms with Gasteiger partial charge >= 0.3 is 5.97 Å². The van der Waals surface area contributed by atoms with Crippen molar-refractivity contribution < 1.29 is 18.7 Å². The summed E-state index contributed by atoms with van der Waals surface area (Å²) in [6.07, 6.45) is 1.55. The first-order chi connectivity index (χ1) is 11.1. The first kappa shape index (κ1) is 13.7. The molecule has 2 aromatic carbocycles. The number of ether oxygens (including phenoxy) is 1. The molecule has 2 aromatic rings. The number of anilines is 1. The highest BCUT2D eigenvalue weighted by Crippen LogP contribution is 2.47. The monoisotopic (exact) mass is 309 g/mol. The van der Waals surface area contributed by atoms with Crippen LogP contribution in [0.4, 0.5) is 10.1 Å². The minimum absolute atomic E-state index is 0.172. The van der Waals surface area contributed by atoms with Gasteiger partial charge in [-0.2, -0.15) is 0 Å². The first-order valence-electron chi connectivity index (χ1n) is 7.19. The highest BCUT2D eigenvalue weighted by molar-refractivity contribution is 6.09. The number of benzene rings is 2. The second-order valence-corrected chi connectivity index (χ2v) is 5.60. The highest BCUT2D eigenvalue weighted by Gasteiger charge is 2.52. The van der Waals surface area contributed by atoms with Crippen molar-refractivity contribution in [1.82, 2.24) is 0 Å². The van der Waals surface area contributed by atoms with Gasteiger partial charge < -0.3 is 10.1 Å². The van der Waals surface area contributed by atoms with Crippen molar-refractivity contribution in [3.05, 3.63) is 71.6 Å². The summed E-state index contributed by atoms with van der Waals surface area (Å²) in [5.74, 6) is -1.54. The lowest BCUT2D eigenvalue weighted by Gasteiger charge is -2.31. The van der Waals surface area contributed by atoms with Gasteiger partial charge in [-0.25, -0.2) is 9.18 Å². The molecule has 0 saturated heterocycles. The van der Waals surface area contributed by atoms with E-state index >= 15 is 0 Å². The number of carbonyl (C=O) groups excluding carboxylic acids is 2. The van der Waals surface area contributed by atoms with Crippen LogP contribution < -0.4 is 5.32 Å². The number of halogens is 1. The maximum atomic E-state index is 13.7. The van der Waals surface area contributed by atoms with Crippen LogP contribution in [0.15, 0.2) is 54.6 Å². The molecule has 2 aliphatic heterocycles. The van der Waals surface area contributed by atoms with E-state index in [0.717, 1.165) is 5.56 Å². The van der Waals surface area contributed by atoms with E-state index in [4.69, 9.17) is 4.74 Å². The average molecular weight is 309 g/mol. The van der Waals surface area contributed by atoms with Crippen LogP contribution in [0.25, 0.3) is 5.57 Å². The number of fused-ring (bicyclic) bond motifs is 2. The molecule has 0 radical (unpaired) electrons. The molecule has 0 aromatic heterocycles. The number of amides is 1. The topological polar surface area (TPSA) is 55.4 Å². The minimum Gasteiger partial charge on any atom is -0.440 e. The summed E-state index contributed by atoms with van der Waals surface area (Å²) in [4.78, 5) is 24.6. The van der Waals surface area contributed by atoms with E-state index in [-0.39, 0.29) is 6.42 Å². The molecule has 23 heavy (non-hydrogen) atoms. The molecule has 4 rings (SSSR count). The Kier molecular flexibility index (Phi) is 2.84. The van der Waals surface area contributed by atoms with Crippen LogP contribution in [0.2, 0.25) is 0 Å². The molecule has 0 bridgehead atoms. The molecular formula is C18H12FNO3. The van der Waals surface area contributed by atoms with Crippen molar-refractivity contribution in [2.75, 3.05) is 5.32 Å². The molecule has 1 amide bonds. The Morgan fingerprint density at radius 1 is 1.09 bits per heavy atom. The number of carbonyl (C=O) groups is 2. The van der Waals surface area contributed by atoms with Crippen LogP contribution in [0.3, 0.4) is 0 Å². The Morgan fingerprint density at radius 3 is 2.65 bits per heavy atom. The molecule has 0 fully saturated rings. The first-order valence-corrected chi connectivity index (χ1v) is 7.19. The zero-order valence-electron chi connectivity index (χ0n) is 12.0. The predicted octanol–water partition coefficient (Wildman–Crippen LogP) is 3.00. The SMILES string of the molecule is O=C1C=C(c2ccccc2)CC2(O1)C(=O)Nc1ccc(F)cc12. The number of nitrogens with one attached hydrogen (secondary N) is 1. The van der Waals surface area contributed by atoms with E-state index in [9.17, 15) is 14.0 Å². The van der Waals surface area contributed by atoms with E-state index in [1.807, 2.05) is 30.3 Å².